The first-order valence-electron chi connectivity index (χ1n) is 7.12. The molecule has 20 heavy (non-hydrogen) atoms. The second-order valence-corrected chi connectivity index (χ2v) is 4.68. The highest BCUT2D eigenvalue weighted by molar-refractivity contribution is 5.31. The number of aryl methyl sites for hydroxylation is 1. The van der Waals surface area contributed by atoms with E-state index in [1.54, 1.807) is 6.20 Å². The van der Waals surface area contributed by atoms with Crippen LogP contribution >= 0.6 is 0 Å². The normalized spacial score (nSPS) is 12.3. The van der Waals surface area contributed by atoms with E-state index in [1.165, 1.54) is 0 Å². The predicted octanol–water partition coefficient (Wildman–Crippen LogP) is 3.33. The molecule has 0 fully saturated rings. The quantitative estimate of drug-likeness (QED) is 0.841. The van der Waals surface area contributed by atoms with Crippen LogP contribution in [0.3, 0.4) is 0 Å². The third kappa shape index (κ3) is 3.39. The molecule has 108 valence electrons. The molecular weight excluding hydrogens is 252 g/mol. The van der Waals surface area contributed by atoms with E-state index in [2.05, 4.69) is 24.1 Å². The molecule has 4 heteroatoms. The van der Waals surface area contributed by atoms with Crippen LogP contribution in [-0.4, -0.2) is 18.6 Å². The fraction of sp³-hybridized carbons (Fsp3) is 0.438. The molecule has 0 saturated heterocycles. The van der Waals surface area contributed by atoms with E-state index in [9.17, 15) is 0 Å². The highest BCUT2D eigenvalue weighted by Crippen LogP contribution is 2.25. The number of hydrogen-bond donors (Lipinski definition) is 1. The summed E-state index contributed by atoms with van der Waals surface area (Å²) in [6, 6.07) is 6.04. The van der Waals surface area contributed by atoms with Crippen molar-refractivity contribution < 1.29 is 9.15 Å². The largest absolute Gasteiger partial charge is 0.492 e. The molecule has 0 aromatic carbocycles. The van der Waals surface area contributed by atoms with Crippen molar-refractivity contribution in [1.29, 1.82) is 0 Å². The van der Waals surface area contributed by atoms with Gasteiger partial charge in [0, 0.05) is 12.6 Å². The minimum Gasteiger partial charge on any atom is -0.492 e. The lowest BCUT2D eigenvalue weighted by molar-refractivity contribution is 0.315. The molecule has 2 rings (SSSR count). The minimum atomic E-state index is -0.00650. The van der Waals surface area contributed by atoms with Crippen LogP contribution in [0.1, 0.15) is 43.4 Å². The zero-order chi connectivity index (χ0) is 14.4. The van der Waals surface area contributed by atoms with Crippen molar-refractivity contribution in [1.82, 2.24) is 10.3 Å². The van der Waals surface area contributed by atoms with Crippen molar-refractivity contribution >= 4 is 0 Å². The second-order valence-electron chi connectivity index (χ2n) is 4.68. The first kappa shape index (κ1) is 14.6. The summed E-state index contributed by atoms with van der Waals surface area (Å²) in [6.45, 7) is 4.87. The number of pyridine rings is 1. The van der Waals surface area contributed by atoms with Gasteiger partial charge in [0.1, 0.15) is 17.3 Å². The van der Waals surface area contributed by atoms with Crippen LogP contribution in [-0.2, 0) is 6.42 Å². The van der Waals surface area contributed by atoms with Gasteiger partial charge in [0.15, 0.2) is 0 Å². The number of ether oxygens (including phenoxy) is 1. The average Bonchev–Trinajstić information content (AvgIpc) is 2.95. The van der Waals surface area contributed by atoms with E-state index in [1.807, 2.05) is 31.4 Å². The number of nitrogens with zero attached hydrogens (tertiary/aromatic N) is 1. The van der Waals surface area contributed by atoms with E-state index in [0.717, 1.165) is 35.7 Å². The molecule has 1 N–H and O–H groups in total. The van der Waals surface area contributed by atoms with Crippen LogP contribution in [0.15, 0.2) is 35.0 Å². The first-order valence-corrected chi connectivity index (χ1v) is 7.12. The number of hydrogen-bond acceptors (Lipinski definition) is 4. The van der Waals surface area contributed by atoms with Gasteiger partial charge in [0.25, 0.3) is 0 Å². The van der Waals surface area contributed by atoms with Crippen molar-refractivity contribution in [2.45, 2.75) is 32.7 Å². The molecule has 0 spiro atoms. The van der Waals surface area contributed by atoms with Gasteiger partial charge in [-0.25, -0.2) is 0 Å². The highest BCUT2D eigenvalue weighted by Gasteiger charge is 2.17. The van der Waals surface area contributed by atoms with Gasteiger partial charge in [-0.3, -0.25) is 4.98 Å². The molecule has 2 heterocycles. The lowest BCUT2D eigenvalue weighted by Gasteiger charge is -2.15. The summed E-state index contributed by atoms with van der Waals surface area (Å²) in [5, 5.41) is 3.27. The van der Waals surface area contributed by atoms with Gasteiger partial charge in [0.2, 0.25) is 0 Å². The van der Waals surface area contributed by atoms with E-state index < -0.39 is 0 Å². The maximum atomic E-state index is 5.83. The minimum absolute atomic E-state index is 0.00650. The molecule has 0 aliphatic heterocycles. The van der Waals surface area contributed by atoms with E-state index in [-0.39, 0.29) is 6.04 Å². The maximum Gasteiger partial charge on any atom is 0.137 e. The van der Waals surface area contributed by atoms with Gasteiger partial charge in [-0.1, -0.05) is 13.8 Å². The van der Waals surface area contributed by atoms with Crippen LogP contribution in [0.2, 0.25) is 0 Å². The third-order valence-corrected chi connectivity index (χ3v) is 3.14. The van der Waals surface area contributed by atoms with E-state index in [0.29, 0.717) is 6.61 Å². The van der Waals surface area contributed by atoms with Crippen LogP contribution in [0.4, 0.5) is 0 Å². The van der Waals surface area contributed by atoms with Crippen molar-refractivity contribution in [3.05, 3.63) is 47.7 Å². The molecule has 4 nitrogen and oxygen atoms in total. The number of rotatable bonds is 7. The summed E-state index contributed by atoms with van der Waals surface area (Å²) in [7, 11) is 1.92. The maximum absolute atomic E-state index is 5.83. The van der Waals surface area contributed by atoms with Gasteiger partial charge >= 0.3 is 0 Å². The summed E-state index contributed by atoms with van der Waals surface area (Å²) >= 11 is 0. The Labute approximate surface area is 120 Å². The van der Waals surface area contributed by atoms with Crippen molar-refractivity contribution in [3.8, 4) is 5.75 Å². The van der Waals surface area contributed by atoms with E-state index >= 15 is 0 Å². The fourth-order valence-electron chi connectivity index (χ4n) is 2.11. The number of nitrogens with one attached hydrogen (secondary N) is 1. The Balaban J connectivity index is 2.22. The summed E-state index contributed by atoms with van der Waals surface area (Å²) in [5.74, 6) is 2.69. The smallest absolute Gasteiger partial charge is 0.137 e. The lowest BCUT2D eigenvalue weighted by atomic mass is 10.1. The molecule has 0 radical (unpaired) electrons. The molecule has 0 saturated carbocycles. The van der Waals surface area contributed by atoms with Gasteiger partial charge in [-0.15, -0.1) is 0 Å². The number of furan rings is 1. The Morgan fingerprint density at radius 3 is 2.80 bits per heavy atom. The Kier molecular flexibility index (Phi) is 5.18. The summed E-state index contributed by atoms with van der Waals surface area (Å²) in [5.41, 5.74) is 1.04. The zero-order valence-corrected chi connectivity index (χ0v) is 12.3. The Morgan fingerprint density at radius 1 is 1.30 bits per heavy atom. The van der Waals surface area contributed by atoms with Gasteiger partial charge in [-0.2, -0.15) is 0 Å². The Bertz CT molecular complexity index is 537. The molecule has 0 amide bonds. The molecular formula is C16H22N2O2. The van der Waals surface area contributed by atoms with E-state index in [4.69, 9.17) is 9.15 Å². The topological polar surface area (TPSA) is 47.3 Å². The molecule has 2 aromatic heterocycles. The molecule has 0 bridgehead atoms. The molecule has 0 aliphatic carbocycles. The molecule has 1 atom stereocenters. The second kappa shape index (κ2) is 7.10. The Hall–Kier alpha value is -1.81. The third-order valence-electron chi connectivity index (χ3n) is 3.14. The van der Waals surface area contributed by atoms with Gasteiger partial charge in [0.05, 0.1) is 18.8 Å². The number of aromatic nitrogens is 1. The van der Waals surface area contributed by atoms with Crippen molar-refractivity contribution in [2.75, 3.05) is 13.7 Å². The van der Waals surface area contributed by atoms with Crippen LogP contribution in [0, 0.1) is 0 Å². The molecule has 2 aromatic rings. The predicted molar refractivity (Wildman–Crippen MR) is 79.0 cm³/mol. The standard InChI is InChI=1S/C16H22N2O2/c1-4-8-19-14-9-12(10-18-11-14)16(17-3)15-7-6-13(5-2)20-15/h6-7,9-11,16-17H,4-5,8H2,1-3H3. The SMILES string of the molecule is CCCOc1cncc(C(NC)c2ccc(CC)o2)c1. The fourth-order valence-corrected chi connectivity index (χ4v) is 2.11. The van der Waals surface area contributed by atoms with Gasteiger partial charge < -0.3 is 14.5 Å². The van der Waals surface area contributed by atoms with Crippen molar-refractivity contribution in [3.63, 3.8) is 0 Å². The lowest BCUT2D eigenvalue weighted by Crippen LogP contribution is -2.17. The average molecular weight is 274 g/mol. The Morgan fingerprint density at radius 2 is 2.15 bits per heavy atom. The molecule has 0 aliphatic rings. The summed E-state index contributed by atoms with van der Waals surface area (Å²) < 4.78 is 11.5. The van der Waals surface area contributed by atoms with Crippen molar-refractivity contribution in [2.24, 2.45) is 0 Å². The van der Waals surface area contributed by atoms with Crippen LogP contribution < -0.4 is 10.1 Å². The van der Waals surface area contributed by atoms with Crippen LogP contribution in [0.25, 0.3) is 0 Å². The van der Waals surface area contributed by atoms with Gasteiger partial charge in [-0.05, 0) is 37.2 Å². The molecule has 1 unspecified atom stereocenters. The zero-order valence-electron chi connectivity index (χ0n) is 12.3. The van der Waals surface area contributed by atoms with Crippen LogP contribution in [0.5, 0.6) is 5.75 Å². The summed E-state index contributed by atoms with van der Waals surface area (Å²) in [6.07, 6.45) is 5.46. The summed E-state index contributed by atoms with van der Waals surface area (Å²) in [4.78, 5) is 4.25. The first-order chi connectivity index (χ1) is 9.78. The highest BCUT2D eigenvalue weighted by atomic mass is 16.5. The monoisotopic (exact) mass is 274 g/mol.